The Morgan fingerprint density at radius 3 is 2.70 bits per heavy atom. The number of halogens is 1. The Morgan fingerprint density at radius 1 is 1.45 bits per heavy atom. The third kappa shape index (κ3) is 5.53. The van der Waals surface area contributed by atoms with E-state index in [2.05, 4.69) is 20.7 Å². The second kappa shape index (κ2) is 8.14. The summed E-state index contributed by atoms with van der Waals surface area (Å²) >= 11 is 3.03. The SMILES string of the molecule is CC(C)OCCCCNS(=O)(=O)c1cc(CO)oc1Br. The molecule has 0 spiro atoms. The molecule has 0 fully saturated rings. The summed E-state index contributed by atoms with van der Waals surface area (Å²) in [5.74, 6) is 0.197. The van der Waals surface area contributed by atoms with E-state index >= 15 is 0 Å². The normalized spacial score (nSPS) is 12.2. The number of aliphatic hydroxyl groups is 1. The molecule has 0 saturated heterocycles. The Bertz CT molecular complexity index is 512. The predicted octanol–water partition coefficient (Wildman–Crippen LogP) is 2.02. The van der Waals surface area contributed by atoms with Gasteiger partial charge in [-0.1, -0.05) is 0 Å². The molecule has 1 rings (SSSR count). The van der Waals surface area contributed by atoms with Gasteiger partial charge in [-0.05, 0) is 42.6 Å². The van der Waals surface area contributed by atoms with E-state index in [1.54, 1.807) is 0 Å². The van der Waals surface area contributed by atoms with Crippen molar-refractivity contribution in [3.63, 3.8) is 0 Å². The Labute approximate surface area is 127 Å². The molecule has 20 heavy (non-hydrogen) atoms. The van der Waals surface area contributed by atoms with E-state index in [1.807, 2.05) is 13.8 Å². The topological polar surface area (TPSA) is 88.8 Å². The summed E-state index contributed by atoms with van der Waals surface area (Å²) in [7, 11) is -3.63. The summed E-state index contributed by atoms with van der Waals surface area (Å²) in [5, 5.41) is 8.92. The first-order chi connectivity index (χ1) is 9.36. The van der Waals surface area contributed by atoms with Crippen LogP contribution in [0, 0.1) is 0 Å². The molecule has 116 valence electrons. The largest absolute Gasteiger partial charge is 0.450 e. The van der Waals surface area contributed by atoms with Gasteiger partial charge in [0, 0.05) is 19.2 Å². The third-order valence-corrected chi connectivity index (χ3v) is 4.78. The fourth-order valence-electron chi connectivity index (χ4n) is 1.49. The number of unbranched alkanes of at least 4 members (excludes halogenated alkanes) is 1. The first-order valence-electron chi connectivity index (χ1n) is 6.37. The summed E-state index contributed by atoms with van der Waals surface area (Å²) in [6, 6.07) is 1.30. The van der Waals surface area contributed by atoms with E-state index in [4.69, 9.17) is 14.3 Å². The van der Waals surface area contributed by atoms with Gasteiger partial charge in [0.05, 0.1) is 6.10 Å². The van der Waals surface area contributed by atoms with E-state index < -0.39 is 10.0 Å². The molecule has 0 atom stereocenters. The average Bonchev–Trinajstić information content (AvgIpc) is 2.75. The Hall–Kier alpha value is -0.410. The van der Waals surface area contributed by atoms with Gasteiger partial charge in [-0.3, -0.25) is 0 Å². The maximum absolute atomic E-state index is 12.0. The van der Waals surface area contributed by atoms with Crippen LogP contribution in [-0.4, -0.2) is 32.8 Å². The van der Waals surface area contributed by atoms with Crippen molar-refractivity contribution in [3.8, 4) is 0 Å². The number of nitrogens with one attached hydrogen (secondary N) is 1. The number of aliphatic hydroxyl groups excluding tert-OH is 1. The molecular weight excluding hydrogens is 350 g/mol. The molecule has 0 bridgehead atoms. The first-order valence-corrected chi connectivity index (χ1v) is 8.64. The van der Waals surface area contributed by atoms with Crippen LogP contribution in [0.15, 0.2) is 20.0 Å². The van der Waals surface area contributed by atoms with Gasteiger partial charge in [0.1, 0.15) is 17.3 Å². The first kappa shape index (κ1) is 17.6. The highest BCUT2D eigenvalue weighted by Gasteiger charge is 2.21. The van der Waals surface area contributed by atoms with Crippen molar-refractivity contribution in [1.29, 1.82) is 0 Å². The zero-order valence-corrected chi connectivity index (χ0v) is 14.0. The highest BCUT2D eigenvalue weighted by molar-refractivity contribution is 9.10. The average molecular weight is 370 g/mol. The van der Waals surface area contributed by atoms with Crippen molar-refractivity contribution in [2.24, 2.45) is 0 Å². The predicted molar refractivity (Wildman–Crippen MR) is 77.8 cm³/mol. The monoisotopic (exact) mass is 369 g/mol. The van der Waals surface area contributed by atoms with Gasteiger partial charge in [0.25, 0.3) is 0 Å². The lowest BCUT2D eigenvalue weighted by molar-refractivity contribution is 0.0762. The Morgan fingerprint density at radius 2 is 2.15 bits per heavy atom. The highest BCUT2D eigenvalue weighted by atomic mass is 79.9. The van der Waals surface area contributed by atoms with E-state index in [-0.39, 0.29) is 28.0 Å². The van der Waals surface area contributed by atoms with Gasteiger partial charge in [-0.15, -0.1) is 0 Å². The van der Waals surface area contributed by atoms with Crippen LogP contribution in [0.2, 0.25) is 0 Å². The van der Waals surface area contributed by atoms with Crippen LogP contribution in [0.3, 0.4) is 0 Å². The minimum absolute atomic E-state index is 0.0000181. The number of sulfonamides is 1. The molecule has 0 unspecified atom stereocenters. The van der Waals surface area contributed by atoms with Crippen molar-refractivity contribution in [2.45, 2.75) is 44.3 Å². The van der Waals surface area contributed by atoms with Crippen LogP contribution in [0.25, 0.3) is 0 Å². The van der Waals surface area contributed by atoms with Gasteiger partial charge >= 0.3 is 0 Å². The van der Waals surface area contributed by atoms with Crippen LogP contribution in [0.1, 0.15) is 32.4 Å². The maximum Gasteiger partial charge on any atom is 0.244 e. The molecule has 8 heteroatoms. The van der Waals surface area contributed by atoms with E-state index in [9.17, 15) is 8.42 Å². The molecule has 0 aliphatic heterocycles. The molecule has 1 aromatic heterocycles. The molecule has 0 aliphatic carbocycles. The lowest BCUT2D eigenvalue weighted by Gasteiger charge is -2.08. The number of ether oxygens (including phenoxy) is 1. The molecule has 0 aliphatic rings. The molecule has 0 radical (unpaired) electrons. The Balaban J connectivity index is 2.43. The summed E-state index contributed by atoms with van der Waals surface area (Å²) in [6.45, 7) is 4.51. The maximum atomic E-state index is 12.0. The number of hydrogen-bond donors (Lipinski definition) is 2. The zero-order valence-electron chi connectivity index (χ0n) is 11.6. The second-order valence-electron chi connectivity index (χ2n) is 4.53. The number of hydrogen-bond acceptors (Lipinski definition) is 5. The molecule has 1 heterocycles. The van der Waals surface area contributed by atoms with E-state index in [0.29, 0.717) is 19.6 Å². The van der Waals surface area contributed by atoms with Gasteiger partial charge in [-0.25, -0.2) is 13.1 Å². The van der Waals surface area contributed by atoms with Gasteiger partial charge in [0.2, 0.25) is 10.0 Å². The molecule has 0 amide bonds. The molecule has 2 N–H and O–H groups in total. The van der Waals surface area contributed by atoms with Crippen molar-refractivity contribution < 1.29 is 22.7 Å². The molecule has 0 aromatic carbocycles. The van der Waals surface area contributed by atoms with Crippen LogP contribution in [0.5, 0.6) is 0 Å². The minimum Gasteiger partial charge on any atom is -0.450 e. The molecule has 0 saturated carbocycles. The molecule has 6 nitrogen and oxygen atoms in total. The van der Waals surface area contributed by atoms with Gasteiger partial charge < -0.3 is 14.3 Å². The number of rotatable bonds is 9. The third-order valence-electron chi connectivity index (χ3n) is 2.47. The zero-order chi connectivity index (χ0) is 15.2. The lowest BCUT2D eigenvalue weighted by Crippen LogP contribution is -2.25. The Kier molecular flexibility index (Phi) is 7.18. The highest BCUT2D eigenvalue weighted by Crippen LogP contribution is 2.25. The van der Waals surface area contributed by atoms with Gasteiger partial charge in [0.15, 0.2) is 4.67 Å². The summed E-state index contributed by atoms with van der Waals surface area (Å²) in [6.07, 6.45) is 1.66. The summed E-state index contributed by atoms with van der Waals surface area (Å²) in [4.78, 5) is -0.0000181. The van der Waals surface area contributed by atoms with Crippen LogP contribution in [-0.2, 0) is 21.4 Å². The standard InChI is InChI=1S/C12H20BrNO5S/c1-9(2)18-6-4-3-5-14-20(16,17)11-7-10(8-15)19-12(11)13/h7,9,14-15H,3-6,8H2,1-2H3. The van der Waals surface area contributed by atoms with E-state index in [1.165, 1.54) is 6.07 Å². The quantitative estimate of drug-likeness (QED) is 0.650. The fourth-order valence-corrected chi connectivity index (χ4v) is 3.56. The van der Waals surface area contributed by atoms with Crippen LogP contribution < -0.4 is 4.72 Å². The van der Waals surface area contributed by atoms with Crippen molar-refractivity contribution in [2.75, 3.05) is 13.2 Å². The van der Waals surface area contributed by atoms with Gasteiger partial charge in [-0.2, -0.15) is 0 Å². The summed E-state index contributed by atoms with van der Waals surface area (Å²) in [5.41, 5.74) is 0. The molecular formula is C12H20BrNO5S. The van der Waals surface area contributed by atoms with Crippen molar-refractivity contribution in [1.82, 2.24) is 4.72 Å². The molecule has 1 aromatic rings. The fraction of sp³-hybridized carbons (Fsp3) is 0.667. The van der Waals surface area contributed by atoms with Crippen LogP contribution in [0.4, 0.5) is 0 Å². The van der Waals surface area contributed by atoms with E-state index in [0.717, 1.165) is 6.42 Å². The minimum atomic E-state index is -3.63. The number of furan rings is 1. The van der Waals surface area contributed by atoms with Crippen molar-refractivity contribution >= 4 is 26.0 Å². The van der Waals surface area contributed by atoms with Crippen molar-refractivity contribution in [3.05, 3.63) is 16.5 Å². The lowest BCUT2D eigenvalue weighted by atomic mass is 10.3. The van der Waals surface area contributed by atoms with Crippen LogP contribution >= 0.6 is 15.9 Å². The smallest absolute Gasteiger partial charge is 0.244 e. The summed E-state index contributed by atoms with van der Waals surface area (Å²) < 4.78 is 37.0. The second-order valence-corrected chi connectivity index (χ2v) is 6.99.